The van der Waals surface area contributed by atoms with E-state index in [-0.39, 0.29) is 0 Å². The summed E-state index contributed by atoms with van der Waals surface area (Å²) in [4.78, 5) is 11.3. The van der Waals surface area contributed by atoms with Gasteiger partial charge in [0.05, 0.1) is 18.6 Å². The van der Waals surface area contributed by atoms with Crippen LogP contribution in [0.2, 0.25) is 0 Å². The van der Waals surface area contributed by atoms with Gasteiger partial charge < -0.3 is 14.6 Å². The number of fused-ring (bicyclic) bond motifs is 1. The number of rotatable bonds is 5. The van der Waals surface area contributed by atoms with Crippen molar-refractivity contribution in [2.24, 2.45) is 0 Å². The third kappa shape index (κ3) is 3.65. The molecule has 0 aliphatic carbocycles. The van der Waals surface area contributed by atoms with E-state index in [0.29, 0.717) is 0 Å². The van der Waals surface area contributed by atoms with E-state index in [4.69, 9.17) is 4.74 Å². The van der Waals surface area contributed by atoms with Crippen LogP contribution in [-0.2, 0) is 11.3 Å². The second-order valence-electron chi connectivity index (χ2n) is 6.41. The van der Waals surface area contributed by atoms with E-state index < -0.39 is 0 Å². The maximum atomic E-state index is 5.41. The molecule has 1 fully saturated rings. The van der Waals surface area contributed by atoms with Crippen LogP contribution in [0.3, 0.4) is 0 Å². The third-order valence-corrected chi connectivity index (χ3v) is 4.63. The summed E-state index contributed by atoms with van der Waals surface area (Å²) in [7, 11) is 0. The van der Waals surface area contributed by atoms with Crippen LogP contribution < -0.4 is 5.32 Å². The average Bonchev–Trinajstić information content (AvgIpc) is 3.07. The van der Waals surface area contributed by atoms with Crippen LogP contribution in [0.4, 0.5) is 11.5 Å². The number of hydrogen-bond donors (Lipinski definition) is 1. The van der Waals surface area contributed by atoms with Crippen LogP contribution in [0, 0.1) is 6.92 Å². The zero-order valence-electron chi connectivity index (χ0n) is 14.5. The van der Waals surface area contributed by atoms with E-state index in [2.05, 4.69) is 68.2 Å². The number of ether oxygens (including phenoxy) is 1. The van der Waals surface area contributed by atoms with Gasteiger partial charge in [-0.1, -0.05) is 17.7 Å². The van der Waals surface area contributed by atoms with Gasteiger partial charge in [-0.25, -0.2) is 9.97 Å². The summed E-state index contributed by atoms with van der Waals surface area (Å²) < 4.78 is 7.61. The summed E-state index contributed by atoms with van der Waals surface area (Å²) in [5, 5.41) is 4.45. The van der Waals surface area contributed by atoms with E-state index in [9.17, 15) is 0 Å². The van der Waals surface area contributed by atoms with Gasteiger partial charge in [-0.05, 0) is 25.1 Å². The van der Waals surface area contributed by atoms with E-state index in [0.717, 1.165) is 61.9 Å². The van der Waals surface area contributed by atoms with Crippen molar-refractivity contribution in [3.05, 3.63) is 48.4 Å². The fourth-order valence-electron chi connectivity index (χ4n) is 3.13. The molecule has 0 bridgehead atoms. The Hall–Kier alpha value is -2.44. The van der Waals surface area contributed by atoms with Crippen molar-refractivity contribution in [3.63, 3.8) is 0 Å². The topological polar surface area (TPSA) is 55.2 Å². The first-order chi connectivity index (χ1) is 12.3. The smallest absolute Gasteiger partial charge is 0.145 e. The average molecular weight is 337 g/mol. The summed E-state index contributed by atoms with van der Waals surface area (Å²) in [6, 6.07) is 10.4. The third-order valence-electron chi connectivity index (χ3n) is 4.63. The lowest BCUT2D eigenvalue weighted by atomic mass is 10.2. The van der Waals surface area contributed by atoms with Gasteiger partial charge in [-0.15, -0.1) is 0 Å². The van der Waals surface area contributed by atoms with Gasteiger partial charge in [-0.2, -0.15) is 0 Å². The highest BCUT2D eigenvalue weighted by Crippen LogP contribution is 2.24. The Labute approximate surface area is 147 Å². The highest BCUT2D eigenvalue weighted by molar-refractivity contribution is 5.89. The van der Waals surface area contributed by atoms with Crippen molar-refractivity contribution in [1.29, 1.82) is 0 Å². The minimum Gasteiger partial charge on any atom is -0.379 e. The lowest BCUT2D eigenvalue weighted by Crippen LogP contribution is -2.38. The molecule has 0 atom stereocenters. The molecule has 1 aliphatic rings. The number of nitrogens with zero attached hydrogens (tertiary/aromatic N) is 4. The van der Waals surface area contributed by atoms with Gasteiger partial charge >= 0.3 is 0 Å². The maximum Gasteiger partial charge on any atom is 0.145 e. The Bertz CT molecular complexity index is 837. The predicted octanol–water partition coefficient (Wildman–Crippen LogP) is 2.82. The maximum absolute atomic E-state index is 5.41. The highest BCUT2D eigenvalue weighted by Gasteiger charge is 2.12. The molecule has 3 heterocycles. The lowest BCUT2D eigenvalue weighted by Gasteiger charge is -2.26. The zero-order chi connectivity index (χ0) is 17.1. The fraction of sp³-hybridized carbons (Fsp3) is 0.368. The predicted molar refractivity (Wildman–Crippen MR) is 99.2 cm³/mol. The van der Waals surface area contributed by atoms with E-state index >= 15 is 0 Å². The molecule has 2 aromatic heterocycles. The van der Waals surface area contributed by atoms with Gasteiger partial charge in [0.2, 0.25) is 0 Å². The summed E-state index contributed by atoms with van der Waals surface area (Å²) in [6.45, 7) is 7.70. The Morgan fingerprint density at radius 2 is 1.84 bits per heavy atom. The molecule has 6 heteroatoms. The second kappa shape index (κ2) is 7.21. The number of hydrogen-bond acceptors (Lipinski definition) is 5. The minimum atomic E-state index is 0.833. The molecule has 0 spiro atoms. The largest absolute Gasteiger partial charge is 0.379 e. The summed E-state index contributed by atoms with van der Waals surface area (Å²) in [5.74, 6) is 0.846. The second-order valence-corrected chi connectivity index (χ2v) is 6.41. The Kier molecular flexibility index (Phi) is 4.63. The number of benzene rings is 1. The van der Waals surface area contributed by atoms with Crippen LogP contribution in [-0.4, -0.2) is 52.3 Å². The zero-order valence-corrected chi connectivity index (χ0v) is 14.5. The molecule has 1 saturated heterocycles. The van der Waals surface area contributed by atoms with E-state index in [1.165, 1.54) is 5.56 Å². The number of anilines is 2. The molecule has 25 heavy (non-hydrogen) atoms. The van der Waals surface area contributed by atoms with Crippen LogP contribution in [0.25, 0.3) is 11.0 Å². The molecule has 0 radical (unpaired) electrons. The number of aromatic nitrogens is 3. The molecule has 6 nitrogen and oxygen atoms in total. The Morgan fingerprint density at radius 3 is 2.64 bits per heavy atom. The van der Waals surface area contributed by atoms with Crippen LogP contribution in [0.15, 0.2) is 42.9 Å². The SMILES string of the molecule is Cc1ccc(Nc2ncnc3c2ccn3CCN2CCOCC2)cc1. The van der Waals surface area contributed by atoms with Gasteiger partial charge in [0.15, 0.2) is 0 Å². The molecule has 1 N–H and O–H groups in total. The molecular weight excluding hydrogens is 314 g/mol. The van der Waals surface area contributed by atoms with Gasteiger partial charge in [-0.3, -0.25) is 4.90 Å². The van der Waals surface area contributed by atoms with Crippen molar-refractivity contribution >= 4 is 22.5 Å². The van der Waals surface area contributed by atoms with Crippen LogP contribution in [0.1, 0.15) is 5.56 Å². The molecule has 1 aliphatic heterocycles. The molecular formula is C19H23N5O. The van der Waals surface area contributed by atoms with Crippen molar-refractivity contribution in [1.82, 2.24) is 19.4 Å². The van der Waals surface area contributed by atoms with Crippen molar-refractivity contribution in [3.8, 4) is 0 Å². The Balaban J connectivity index is 1.52. The number of nitrogens with one attached hydrogen (secondary N) is 1. The van der Waals surface area contributed by atoms with Crippen molar-refractivity contribution in [2.75, 3.05) is 38.2 Å². The van der Waals surface area contributed by atoms with E-state index in [1.807, 2.05) is 0 Å². The van der Waals surface area contributed by atoms with Gasteiger partial charge in [0.25, 0.3) is 0 Å². The molecule has 4 rings (SSSR count). The first-order valence-electron chi connectivity index (χ1n) is 8.73. The highest BCUT2D eigenvalue weighted by atomic mass is 16.5. The van der Waals surface area contributed by atoms with E-state index in [1.54, 1.807) is 6.33 Å². The quantitative estimate of drug-likeness (QED) is 0.776. The van der Waals surface area contributed by atoms with Crippen LogP contribution in [0.5, 0.6) is 0 Å². The first kappa shape index (κ1) is 16.1. The summed E-state index contributed by atoms with van der Waals surface area (Å²) in [6.07, 6.45) is 3.73. The summed E-state index contributed by atoms with van der Waals surface area (Å²) in [5.41, 5.74) is 3.25. The minimum absolute atomic E-state index is 0.833. The molecule has 0 saturated carbocycles. The lowest BCUT2D eigenvalue weighted by molar-refractivity contribution is 0.0365. The van der Waals surface area contributed by atoms with Crippen molar-refractivity contribution in [2.45, 2.75) is 13.5 Å². The fourth-order valence-corrected chi connectivity index (χ4v) is 3.13. The molecule has 0 amide bonds. The monoisotopic (exact) mass is 337 g/mol. The molecule has 0 unspecified atom stereocenters. The molecule has 130 valence electrons. The van der Waals surface area contributed by atoms with Gasteiger partial charge in [0.1, 0.15) is 17.8 Å². The number of morpholine rings is 1. The molecule has 3 aromatic rings. The summed E-state index contributed by atoms with van der Waals surface area (Å²) >= 11 is 0. The molecule has 1 aromatic carbocycles. The normalized spacial score (nSPS) is 15.6. The van der Waals surface area contributed by atoms with Crippen LogP contribution >= 0.6 is 0 Å². The van der Waals surface area contributed by atoms with Gasteiger partial charge in [0, 0.05) is 38.1 Å². The standard InChI is InChI=1S/C19H23N5O/c1-15-2-4-16(5-3-15)22-18-17-6-7-24(19(17)21-14-20-18)9-8-23-10-12-25-13-11-23/h2-7,14H,8-13H2,1H3,(H,20,21,22). The first-order valence-corrected chi connectivity index (χ1v) is 8.73. The number of aryl methyl sites for hydroxylation is 1. The Morgan fingerprint density at radius 1 is 1.04 bits per heavy atom. The van der Waals surface area contributed by atoms with Crippen molar-refractivity contribution < 1.29 is 4.74 Å².